The number of methoxy groups -OCH3 is 1. The number of amides is 1. The number of ether oxygens (including phenoxy) is 4. The summed E-state index contributed by atoms with van der Waals surface area (Å²) in [6, 6.07) is 9.25. The molecule has 0 saturated carbocycles. The highest BCUT2D eigenvalue weighted by Gasteiger charge is 2.18. The Kier molecular flexibility index (Phi) is 6.33. The van der Waals surface area contributed by atoms with Crippen molar-refractivity contribution >= 4 is 23.6 Å². The Morgan fingerprint density at radius 1 is 1.14 bits per heavy atom. The Balaban J connectivity index is 1.55. The van der Waals surface area contributed by atoms with Gasteiger partial charge in [-0.3, -0.25) is 4.79 Å². The van der Waals surface area contributed by atoms with Crippen LogP contribution in [0, 0.1) is 5.82 Å². The number of hydrogen-bond acceptors (Lipinski definition) is 6. The van der Waals surface area contributed by atoms with Crippen LogP contribution in [-0.4, -0.2) is 38.3 Å². The first kappa shape index (κ1) is 20.2. The highest BCUT2D eigenvalue weighted by atomic mass is 19.1. The van der Waals surface area contributed by atoms with E-state index in [-0.39, 0.29) is 5.75 Å². The van der Waals surface area contributed by atoms with Crippen molar-refractivity contribution in [2.75, 3.05) is 25.6 Å². The van der Waals surface area contributed by atoms with Crippen molar-refractivity contribution in [2.45, 2.75) is 13.0 Å². The van der Waals surface area contributed by atoms with Crippen LogP contribution in [0.25, 0.3) is 6.08 Å². The number of rotatable bonds is 6. The molecule has 2 aromatic carbocycles. The van der Waals surface area contributed by atoms with E-state index in [2.05, 4.69) is 5.32 Å². The first-order valence-corrected chi connectivity index (χ1v) is 8.89. The summed E-state index contributed by atoms with van der Waals surface area (Å²) >= 11 is 0. The summed E-state index contributed by atoms with van der Waals surface area (Å²) < 4.78 is 34.5. The Hall–Kier alpha value is -3.55. The number of fused-ring (bicyclic) bond motifs is 1. The third-order valence-electron chi connectivity index (χ3n) is 4.06. The summed E-state index contributed by atoms with van der Waals surface area (Å²) in [5.74, 6) is -0.531. The molecule has 3 rings (SSSR count). The maximum Gasteiger partial charge on any atom is 0.331 e. The second-order valence-corrected chi connectivity index (χ2v) is 6.15. The molecule has 1 aliphatic heterocycles. The first-order valence-electron chi connectivity index (χ1n) is 8.89. The van der Waals surface area contributed by atoms with E-state index in [0.29, 0.717) is 36.0 Å². The van der Waals surface area contributed by atoms with Crippen LogP contribution in [0.5, 0.6) is 17.2 Å². The van der Waals surface area contributed by atoms with Crippen LogP contribution in [0.2, 0.25) is 0 Å². The van der Waals surface area contributed by atoms with Crippen molar-refractivity contribution in [1.29, 1.82) is 0 Å². The number of carbonyl (C=O) groups excluding carboxylic acids is 2. The van der Waals surface area contributed by atoms with Gasteiger partial charge in [0.05, 0.1) is 7.11 Å². The second-order valence-electron chi connectivity index (χ2n) is 6.15. The molecule has 1 heterocycles. The summed E-state index contributed by atoms with van der Waals surface area (Å²) in [5, 5.41) is 2.65. The Labute approximate surface area is 167 Å². The number of benzene rings is 2. The number of anilines is 1. The monoisotopic (exact) mass is 401 g/mol. The third kappa shape index (κ3) is 5.25. The largest absolute Gasteiger partial charge is 0.494 e. The van der Waals surface area contributed by atoms with Crippen LogP contribution in [0.3, 0.4) is 0 Å². The molecule has 0 radical (unpaired) electrons. The molecule has 0 spiro atoms. The lowest BCUT2D eigenvalue weighted by Gasteiger charge is -2.19. The van der Waals surface area contributed by atoms with Crippen molar-refractivity contribution in [3.05, 3.63) is 53.9 Å². The highest BCUT2D eigenvalue weighted by Crippen LogP contribution is 2.32. The summed E-state index contributed by atoms with van der Waals surface area (Å²) in [6.45, 7) is 2.36. The summed E-state index contributed by atoms with van der Waals surface area (Å²) in [6.07, 6.45) is 1.47. The molecule has 1 N–H and O–H groups in total. The average molecular weight is 401 g/mol. The van der Waals surface area contributed by atoms with Gasteiger partial charge in [0, 0.05) is 17.8 Å². The van der Waals surface area contributed by atoms with Gasteiger partial charge in [0.15, 0.2) is 29.2 Å². The van der Waals surface area contributed by atoms with Gasteiger partial charge in [0.25, 0.3) is 5.91 Å². The maximum atomic E-state index is 13.7. The lowest BCUT2D eigenvalue weighted by molar-refractivity contribution is -0.148. The quantitative estimate of drug-likeness (QED) is 0.591. The summed E-state index contributed by atoms with van der Waals surface area (Å²) in [5.41, 5.74) is 0.944. The lowest BCUT2D eigenvalue weighted by Crippen LogP contribution is -2.29. The van der Waals surface area contributed by atoms with Gasteiger partial charge in [-0.2, -0.15) is 0 Å². The Morgan fingerprint density at radius 3 is 2.62 bits per heavy atom. The molecule has 152 valence electrons. The van der Waals surface area contributed by atoms with Crippen LogP contribution in [0.4, 0.5) is 10.1 Å². The number of hydrogen-bond donors (Lipinski definition) is 1. The second kappa shape index (κ2) is 9.09. The molecule has 2 aromatic rings. The van der Waals surface area contributed by atoms with E-state index in [1.807, 2.05) is 0 Å². The van der Waals surface area contributed by atoms with Gasteiger partial charge in [0.1, 0.15) is 13.2 Å². The molecule has 1 aliphatic rings. The molecule has 29 heavy (non-hydrogen) atoms. The Bertz CT molecular complexity index is 943. The predicted octanol–water partition coefficient (Wildman–Crippen LogP) is 3.19. The molecule has 0 aliphatic carbocycles. The van der Waals surface area contributed by atoms with Gasteiger partial charge in [-0.1, -0.05) is 6.07 Å². The molecular formula is C21H20FNO6. The van der Waals surface area contributed by atoms with Crippen LogP contribution < -0.4 is 19.5 Å². The fourth-order valence-corrected chi connectivity index (χ4v) is 2.58. The zero-order chi connectivity index (χ0) is 20.8. The van der Waals surface area contributed by atoms with Gasteiger partial charge in [-0.25, -0.2) is 9.18 Å². The molecule has 8 heteroatoms. The topological polar surface area (TPSA) is 83.1 Å². The van der Waals surface area contributed by atoms with E-state index in [0.717, 1.165) is 6.08 Å². The smallest absolute Gasteiger partial charge is 0.331 e. The standard InChI is InChI=1S/C21H20FNO6/c1-13(21(25)23-15-5-7-18-19(12-15)28-10-9-27-18)29-20(24)8-4-14-3-6-17(26-2)16(22)11-14/h3-8,11-13H,9-10H2,1-2H3,(H,23,25)/b8-4+/t13-/m1/s1. The van der Waals surface area contributed by atoms with Gasteiger partial charge in [-0.05, 0) is 42.8 Å². The van der Waals surface area contributed by atoms with Crippen LogP contribution in [0.1, 0.15) is 12.5 Å². The summed E-state index contributed by atoms with van der Waals surface area (Å²) in [7, 11) is 1.36. The van der Waals surface area contributed by atoms with Crippen LogP contribution >= 0.6 is 0 Å². The third-order valence-corrected chi connectivity index (χ3v) is 4.06. The van der Waals surface area contributed by atoms with Crippen molar-refractivity contribution in [3.8, 4) is 17.2 Å². The normalized spacial score (nSPS) is 13.6. The predicted molar refractivity (Wildman–Crippen MR) is 104 cm³/mol. The molecule has 1 amide bonds. The lowest BCUT2D eigenvalue weighted by atomic mass is 10.2. The zero-order valence-electron chi connectivity index (χ0n) is 15.9. The fourth-order valence-electron chi connectivity index (χ4n) is 2.58. The van der Waals surface area contributed by atoms with Gasteiger partial charge in [0.2, 0.25) is 0 Å². The maximum absolute atomic E-state index is 13.7. The van der Waals surface area contributed by atoms with Gasteiger partial charge >= 0.3 is 5.97 Å². The Morgan fingerprint density at radius 2 is 1.90 bits per heavy atom. The van der Waals surface area contributed by atoms with Crippen LogP contribution in [0.15, 0.2) is 42.5 Å². The zero-order valence-corrected chi connectivity index (χ0v) is 15.9. The van der Waals surface area contributed by atoms with E-state index in [1.54, 1.807) is 24.3 Å². The number of carbonyl (C=O) groups is 2. The van der Waals surface area contributed by atoms with Gasteiger partial charge in [-0.15, -0.1) is 0 Å². The fraction of sp³-hybridized carbons (Fsp3) is 0.238. The van der Waals surface area contributed by atoms with E-state index < -0.39 is 23.8 Å². The van der Waals surface area contributed by atoms with Gasteiger partial charge < -0.3 is 24.3 Å². The minimum atomic E-state index is -1.03. The average Bonchev–Trinajstić information content (AvgIpc) is 2.72. The number of nitrogens with one attached hydrogen (secondary N) is 1. The molecule has 0 saturated heterocycles. The highest BCUT2D eigenvalue weighted by molar-refractivity contribution is 5.96. The molecule has 0 unspecified atom stereocenters. The first-order chi connectivity index (χ1) is 14.0. The minimum Gasteiger partial charge on any atom is -0.494 e. The number of esters is 1. The molecule has 0 fully saturated rings. The summed E-state index contributed by atoms with van der Waals surface area (Å²) in [4.78, 5) is 24.2. The minimum absolute atomic E-state index is 0.106. The van der Waals surface area contributed by atoms with Crippen molar-refractivity contribution in [3.63, 3.8) is 0 Å². The number of halogens is 1. The molecule has 0 aromatic heterocycles. The molecular weight excluding hydrogens is 381 g/mol. The van der Waals surface area contributed by atoms with Crippen molar-refractivity contribution in [2.24, 2.45) is 0 Å². The molecule has 0 bridgehead atoms. The molecule has 1 atom stereocenters. The van der Waals surface area contributed by atoms with E-state index in [9.17, 15) is 14.0 Å². The van der Waals surface area contributed by atoms with E-state index in [4.69, 9.17) is 18.9 Å². The van der Waals surface area contributed by atoms with Crippen molar-refractivity contribution < 1.29 is 32.9 Å². The SMILES string of the molecule is COc1ccc(/C=C/C(=O)O[C@H](C)C(=O)Nc2ccc3c(c2)OCCO3)cc1F. The molecule has 7 nitrogen and oxygen atoms in total. The van der Waals surface area contributed by atoms with E-state index in [1.165, 1.54) is 32.2 Å². The van der Waals surface area contributed by atoms with Crippen LogP contribution in [-0.2, 0) is 14.3 Å². The van der Waals surface area contributed by atoms with E-state index >= 15 is 0 Å². The van der Waals surface area contributed by atoms with Crippen molar-refractivity contribution in [1.82, 2.24) is 0 Å².